The van der Waals surface area contributed by atoms with Crippen LogP contribution in [0.5, 0.6) is 11.5 Å². The molecule has 1 aliphatic heterocycles. The van der Waals surface area contributed by atoms with Gasteiger partial charge in [-0.2, -0.15) is 0 Å². The Morgan fingerprint density at radius 1 is 1.22 bits per heavy atom. The van der Waals surface area contributed by atoms with E-state index in [1.807, 2.05) is 18.2 Å². The molecule has 1 aliphatic rings. The summed E-state index contributed by atoms with van der Waals surface area (Å²) in [6, 6.07) is 9.06. The smallest absolute Gasteiger partial charge is 0.222 e. The molecule has 1 radical (unpaired) electrons. The Kier molecular flexibility index (Phi) is 3.23. The molecule has 1 aromatic heterocycles. The van der Waals surface area contributed by atoms with Crippen LogP contribution in [0, 0.1) is 0 Å². The zero-order chi connectivity index (χ0) is 16.0. The molecular formula is C17H13ClN3O2. The van der Waals surface area contributed by atoms with Crippen molar-refractivity contribution in [2.75, 3.05) is 18.6 Å². The highest BCUT2D eigenvalue weighted by Crippen LogP contribution is 2.40. The number of hydrogen-bond acceptors (Lipinski definition) is 4. The van der Waals surface area contributed by atoms with E-state index in [2.05, 4.69) is 14.9 Å². The molecule has 23 heavy (non-hydrogen) atoms. The van der Waals surface area contributed by atoms with Crippen molar-refractivity contribution in [3.05, 3.63) is 47.2 Å². The van der Waals surface area contributed by atoms with E-state index in [-0.39, 0.29) is 5.75 Å². The topological polar surface area (TPSA) is 58.1 Å². The summed E-state index contributed by atoms with van der Waals surface area (Å²) in [7, 11) is 1.48. The third-order valence-corrected chi connectivity index (χ3v) is 4.33. The van der Waals surface area contributed by atoms with Gasteiger partial charge >= 0.3 is 0 Å². The first-order valence-corrected chi connectivity index (χ1v) is 7.61. The van der Waals surface area contributed by atoms with Crippen molar-refractivity contribution < 1.29 is 9.84 Å². The summed E-state index contributed by atoms with van der Waals surface area (Å²) >= 11 is 6.14. The first-order chi connectivity index (χ1) is 11.2. The Morgan fingerprint density at radius 3 is 2.91 bits per heavy atom. The third-order valence-electron chi connectivity index (χ3n) is 4.10. The van der Waals surface area contributed by atoms with E-state index < -0.39 is 0 Å². The van der Waals surface area contributed by atoms with Crippen LogP contribution in [0.2, 0.25) is 5.02 Å². The minimum Gasteiger partial charge on any atom is -0.493 e. The molecule has 6 heteroatoms. The predicted octanol–water partition coefficient (Wildman–Crippen LogP) is 4.13. The minimum atomic E-state index is -0.186. The lowest BCUT2D eigenvalue weighted by atomic mass is 10.1. The minimum absolute atomic E-state index is 0.186. The normalized spacial score (nSPS) is 13.4. The van der Waals surface area contributed by atoms with Gasteiger partial charge in [-0.1, -0.05) is 17.7 Å². The highest BCUT2D eigenvalue weighted by molar-refractivity contribution is 6.31. The van der Waals surface area contributed by atoms with Gasteiger partial charge in [-0.05, 0) is 30.2 Å². The standard InChI is InChI=1S/C17H13ClN3O2/c1-23-16-7-12-13(8-15(16)22)19-9-20-17(12)21-5-4-10-2-3-11(18)6-14(10)21/h2-3,6-9H,4-5H2,1H3. The van der Waals surface area contributed by atoms with E-state index >= 15 is 0 Å². The van der Waals surface area contributed by atoms with Gasteiger partial charge in [0.25, 0.3) is 0 Å². The number of benzene rings is 2. The molecule has 0 N–H and O–H groups in total. The summed E-state index contributed by atoms with van der Waals surface area (Å²) in [5.74, 6) is 0.864. The number of ether oxygens (including phenoxy) is 1. The molecule has 3 aromatic rings. The average Bonchev–Trinajstić information content (AvgIpc) is 2.96. The lowest BCUT2D eigenvalue weighted by Gasteiger charge is -2.20. The molecule has 2 heterocycles. The first-order valence-electron chi connectivity index (χ1n) is 7.23. The van der Waals surface area contributed by atoms with Gasteiger partial charge in [0, 0.05) is 28.7 Å². The quantitative estimate of drug-likeness (QED) is 0.710. The largest absolute Gasteiger partial charge is 0.493 e. The highest BCUT2D eigenvalue weighted by Gasteiger charge is 2.24. The molecule has 2 aromatic carbocycles. The molecule has 0 unspecified atom stereocenters. The van der Waals surface area contributed by atoms with Crippen LogP contribution in [0.4, 0.5) is 11.5 Å². The molecule has 0 aliphatic carbocycles. The summed E-state index contributed by atoms with van der Waals surface area (Å²) < 4.78 is 5.15. The fraction of sp³-hybridized carbons (Fsp3) is 0.176. The van der Waals surface area contributed by atoms with Gasteiger partial charge in [0.2, 0.25) is 5.75 Å². The van der Waals surface area contributed by atoms with Crippen molar-refractivity contribution in [3.8, 4) is 11.5 Å². The lowest BCUT2D eigenvalue weighted by molar-refractivity contribution is 0.316. The molecule has 115 valence electrons. The van der Waals surface area contributed by atoms with Gasteiger partial charge in [-0.25, -0.2) is 9.97 Å². The second-order valence-corrected chi connectivity index (χ2v) is 5.83. The molecule has 0 fully saturated rings. The van der Waals surface area contributed by atoms with E-state index in [9.17, 15) is 5.11 Å². The number of nitrogens with zero attached hydrogens (tertiary/aromatic N) is 3. The second-order valence-electron chi connectivity index (χ2n) is 5.39. The summed E-state index contributed by atoms with van der Waals surface area (Å²) in [6.45, 7) is 0.809. The van der Waals surface area contributed by atoms with Gasteiger partial charge in [-0.15, -0.1) is 0 Å². The number of methoxy groups -OCH3 is 1. The van der Waals surface area contributed by atoms with Crippen LogP contribution in [-0.2, 0) is 11.5 Å². The van der Waals surface area contributed by atoms with E-state index in [1.54, 1.807) is 6.07 Å². The predicted molar refractivity (Wildman–Crippen MR) is 88.4 cm³/mol. The molecular weight excluding hydrogens is 314 g/mol. The summed E-state index contributed by atoms with van der Waals surface area (Å²) in [5.41, 5.74) is 2.88. The maximum atomic E-state index is 11.9. The monoisotopic (exact) mass is 326 g/mol. The van der Waals surface area contributed by atoms with E-state index in [0.29, 0.717) is 16.3 Å². The Balaban J connectivity index is 1.92. The fourth-order valence-electron chi connectivity index (χ4n) is 3.00. The molecule has 5 nitrogen and oxygen atoms in total. The number of anilines is 2. The van der Waals surface area contributed by atoms with E-state index in [0.717, 1.165) is 29.9 Å². The van der Waals surface area contributed by atoms with Gasteiger partial charge in [-0.3, -0.25) is 5.11 Å². The van der Waals surface area contributed by atoms with Crippen LogP contribution in [-0.4, -0.2) is 23.6 Å². The number of aromatic nitrogens is 2. The van der Waals surface area contributed by atoms with Crippen LogP contribution >= 0.6 is 11.6 Å². The van der Waals surface area contributed by atoms with Crippen LogP contribution in [0.25, 0.3) is 10.9 Å². The van der Waals surface area contributed by atoms with Crippen LogP contribution in [0.15, 0.2) is 36.7 Å². The molecule has 0 spiro atoms. The zero-order valence-corrected chi connectivity index (χ0v) is 13.2. The summed E-state index contributed by atoms with van der Waals surface area (Å²) in [5, 5.41) is 13.4. The average molecular weight is 327 g/mol. The molecule has 4 rings (SSSR count). The van der Waals surface area contributed by atoms with Crippen LogP contribution in [0.3, 0.4) is 0 Å². The lowest BCUT2D eigenvalue weighted by Crippen LogP contribution is -2.15. The van der Waals surface area contributed by atoms with Crippen LogP contribution < -0.4 is 9.64 Å². The molecule has 0 saturated heterocycles. The number of halogens is 1. The van der Waals surface area contributed by atoms with Crippen molar-refractivity contribution in [2.45, 2.75) is 6.42 Å². The van der Waals surface area contributed by atoms with Crippen molar-refractivity contribution in [2.24, 2.45) is 0 Å². The SMILES string of the molecule is COc1cc2c(N3CCc4ccc(Cl)cc43)ncnc2cc1[O]. The van der Waals surface area contributed by atoms with Gasteiger partial charge < -0.3 is 9.64 Å². The Hall–Kier alpha value is -2.53. The maximum Gasteiger partial charge on any atom is 0.222 e. The molecule has 0 saturated carbocycles. The molecule has 0 bridgehead atoms. The first kappa shape index (κ1) is 14.1. The van der Waals surface area contributed by atoms with Crippen molar-refractivity contribution in [1.29, 1.82) is 0 Å². The molecule has 0 atom stereocenters. The Morgan fingerprint density at radius 2 is 2.09 bits per heavy atom. The van der Waals surface area contributed by atoms with E-state index in [4.69, 9.17) is 16.3 Å². The zero-order valence-electron chi connectivity index (χ0n) is 12.4. The number of hydrogen-bond donors (Lipinski definition) is 0. The van der Waals surface area contributed by atoms with Gasteiger partial charge in [0.1, 0.15) is 12.1 Å². The van der Waals surface area contributed by atoms with Crippen molar-refractivity contribution >= 4 is 34.0 Å². The highest BCUT2D eigenvalue weighted by atomic mass is 35.5. The summed E-state index contributed by atoms with van der Waals surface area (Å²) in [6.07, 6.45) is 2.40. The third kappa shape index (κ3) is 2.24. The Bertz CT molecular complexity index is 914. The fourth-order valence-corrected chi connectivity index (χ4v) is 3.16. The van der Waals surface area contributed by atoms with Gasteiger partial charge in [0.15, 0.2) is 5.75 Å². The molecule has 0 amide bonds. The van der Waals surface area contributed by atoms with Crippen LogP contribution in [0.1, 0.15) is 5.56 Å². The Labute approximate surface area is 138 Å². The van der Waals surface area contributed by atoms with E-state index in [1.165, 1.54) is 25.1 Å². The second kappa shape index (κ2) is 5.28. The maximum absolute atomic E-state index is 11.9. The summed E-state index contributed by atoms with van der Waals surface area (Å²) in [4.78, 5) is 10.7. The number of rotatable bonds is 2. The van der Waals surface area contributed by atoms with Crippen molar-refractivity contribution in [3.63, 3.8) is 0 Å². The van der Waals surface area contributed by atoms with Crippen molar-refractivity contribution in [1.82, 2.24) is 9.97 Å². The van der Waals surface area contributed by atoms with Gasteiger partial charge in [0.05, 0.1) is 12.6 Å². The number of fused-ring (bicyclic) bond motifs is 2.